The van der Waals surface area contributed by atoms with Gasteiger partial charge in [-0.1, -0.05) is 24.3 Å². The fourth-order valence-corrected chi connectivity index (χ4v) is 4.52. The Labute approximate surface area is 151 Å². The highest BCUT2D eigenvalue weighted by atomic mass is 32.1. The van der Waals surface area contributed by atoms with Crippen LogP contribution in [-0.2, 0) is 10.3 Å². The van der Waals surface area contributed by atoms with Crippen molar-refractivity contribution < 1.29 is 4.79 Å². The number of guanidine groups is 1. The van der Waals surface area contributed by atoms with Gasteiger partial charge in [-0.2, -0.15) is 0 Å². The highest BCUT2D eigenvalue weighted by Crippen LogP contribution is 2.47. The van der Waals surface area contributed by atoms with Crippen LogP contribution >= 0.6 is 11.3 Å². The summed E-state index contributed by atoms with van der Waals surface area (Å²) in [6.07, 6.45) is 2.52. The molecule has 0 radical (unpaired) electrons. The van der Waals surface area contributed by atoms with Gasteiger partial charge in [0.15, 0.2) is 5.96 Å². The molecule has 5 nitrogen and oxygen atoms in total. The summed E-state index contributed by atoms with van der Waals surface area (Å²) in [5.74, 6) is 0.471. The van der Waals surface area contributed by atoms with E-state index < -0.39 is 11.5 Å². The summed E-state index contributed by atoms with van der Waals surface area (Å²) in [5.41, 5.74) is 14.2. The average Bonchev–Trinajstić information content (AvgIpc) is 3.34. The highest BCUT2D eigenvalue weighted by Gasteiger charge is 2.48. The van der Waals surface area contributed by atoms with Gasteiger partial charge in [-0.15, -0.1) is 11.3 Å². The zero-order valence-corrected chi connectivity index (χ0v) is 15.2. The first-order chi connectivity index (χ1) is 11.9. The van der Waals surface area contributed by atoms with Crippen LogP contribution in [0.15, 0.2) is 40.7 Å². The molecular weight excluding hydrogens is 332 g/mol. The summed E-state index contributed by atoms with van der Waals surface area (Å²) in [4.78, 5) is 20.2. The van der Waals surface area contributed by atoms with Crippen LogP contribution in [0.4, 0.5) is 5.69 Å². The second-order valence-corrected chi connectivity index (χ2v) is 8.04. The van der Waals surface area contributed by atoms with Crippen molar-refractivity contribution in [1.82, 2.24) is 4.90 Å². The van der Waals surface area contributed by atoms with E-state index in [1.54, 1.807) is 7.05 Å². The third kappa shape index (κ3) is 2.61. The van der Waals surface area contributed by atoms with Crippen LogP contribution in [0.25, 0.3) is 0 Å². The minimum atomic E-state index is -0.753. The molecule has 2 atom stereocenters. The first-order valence-corrected chi connectivity index (χ1v) is 9.35. The molecule has 1 saturated carbocycles. The van der Waals surface area contributed by atoms with Gasteiger partial charge in [0.1, 0.15) is 5.54 Å². The Kier molecular flexibility index (Phi) is 3.61. The molecule has 1 aliphatic heterocycles. The Bertz CT molecular complexity index is 853. The number of rotatable bonds is 3. The lowest BCUT2D eigenvalue weighted by atomic mass is 9.77. The number of thiophene rings is 1. The number of nitrogens with zero attached hydrogens (tertiary/aromatic N) is 2. The van der Waals surface area contributed by atoms with E-state index in [0.29, 0.717) is 11.6 Å². The van der Waals surface area contributed by atoms with E-state index in [4.69, 9.17) is 16.5 Å². The quantitative estimate of drug-likeness (QED) is 0.888. The van der Waals surface area contributed by atoms with Gasteiger partial charge in [0.25, 0.3) is 0 Å². The number of hydrogen-bond acceptors (Lipinski definition) is 5. The normalized spacial score (nSPS) is 26.6. The number of hydrogen-bond donors (Lipinski definition) is 2. The molecule has 1 aliphatic carbocycles. The molecule has 1 amide bonds. The van der Waals surface area contributed by atoms with Crippen molar-refractivity contribution in [3.05, 3.63) is 51.7 Å². The van der Waals surface area contributed by atoms with E-state index in [2.05, 4.69) is 24.3 Å². The molecule has 2 heterocycles. The molecule has 1 aromatic carbocycles. The van der Waals surface area contributed by atoms with Crippen molar-refractivity contribution in [2.75, 3.05) is 12.8 Å². The summed E-state index contributed by atoms with van der Waals surface area (Å²) in [5, 5.41) is 1.88. The van der Waals surface area contributed by atoms with Crippen LogP contribution < -0.4 is 11.5 Å². The minimum absolute atomic E-state index is 0.0406. The predicted molar refractivity (Wildman–Crippen MR) is 102 cm³/mol. The molecule has 2 aliphatic rings. The summed E-state index contributed by atoms with van der Waals surface area (Å²) in [7, 11) is 1.68. The molecule has 1 aromatic heterocycles. The number of amides is 1. The topological polar surface area (TPSA) is 84.7 Å². The maximum atomic E-state index is 13.1. The second kappa shape index (κ2) is 5.59. The molecule has 1 fully saturated rings. The summed E-state index contributed by atoms with van der Waals surface area (Å²) in [6, 6.07) is 10.3. The number of likely N-dealkylation sites (N-methyl/N-ethyl adjacent to an activating group) is 1. The Morgan fingerprint density at radius 3 is 2.40 bits per heavy atom. The second-order valence-electron chi connectivity index (χ2n) is 7.13. The SMILES string of the molecule is CN1C(=O)[C@@H](c2ccc(C3CC3)cc2)[C@@](C)(c2cc(N)cs2)N=C1N. The van der Waals surface area contributed by atoms with Crippen molar-refractivity contribution in [1.29, 1.82) is 0 Å². The fourth-order valence-electron chi connectivity index (χ4n) is 3.58. The maximum Gasteiger partial charge on any atom is 0.239 e. The van der Waals surface area contributed by atoms with E-state index in [1.807, 2.05) is 18.4 Å². The van der Waals surface area contributed by atoms with E-state index in [0.717, 1.165) is 10.4 Å². The number of nitrogens with two attached hydrogens (primary N) is 2. The van der Waals surface area contributed by atoms with Crippen LogP contribution in [0.1, 0.15) is 47.6 Å². The molecule has 130 valence electrons. The van der Waals surface area contributed by atoms with Crippen LogP contribution in [-0.4, -0.2) is 23.8 Å². The fraction of sp³-hybridized carbons (Fsp3) is 0.368. The zero-order valence-electron chi connectivity index (χ0n) is 14.4. The van der Waals surface area contributed by atoms with Gasteiger partial charge in [-0.05, 0) is 42.9 Å². The van der Waals surface area contributed by atoms with E-state index in [9.17, 15) is 4.79 Å². The molecule has 6 heteroatoms. The Morgan fingerprint density at radius 1 is 1.20 bits per heavy atom. The van der Waals surface area contributed by atoms with E-state index >= 15 is 0 Å². The largest absolute Gasteiger partial charge is 0.398 e. The van der Waals surface area contributed by atoms with Gasteiger partial charge in [0.2, 0.25) is 5.91 Å². The van der Waals surface area contributed by atoms with Crippen molar-refractivity contribution in [2.45, 2.75) is 37.1 Å². The van der Waals surface area contributed by atoms with Crippen molar-refractivity contribution in [3.8, 4) is 0 Å². The lowest BCUT2D eigenvalue weighted by molar-refractivity contribution is -0.130. The molecule has 2 aromatic rings. The molecule has 0 unspecified atom stereocenters. The smallest absolute Gasteiger partial charge is 0.239 e. The third-order valence-corrected chi connectivity index (χ3v) is 6.44. The van der Waals surface area contributed by atoms with Crippen LogP contribution in [0.3, 0.4) is 0 Å². The molecule has 0 spiro atoms. The van der Waals surface area contributed by atoms with Gasteiger partial charge in [0.05, 0.1) is 5.92 Å². The summed E-state index contributed by atoms with van der Waals surface area (Å²) < 4.78 is 0. The van der Waals surface area contributed by atoms with Crippen molar-refractivity contribution in [3.63, 3.8) is 0 Å². The van der Waals surface area contributed by atoms with E-state index in [-0.39, 0.29) is 11.9 Å². The number of carbonyl (C=O) groups is 1. The molecular formula is C19H22N4OS. The lowest BCUT2D eigenvalue weighted by Gasteiger charge is -2.40. The van der Waals surface area contributed by atoms with Crippen molar-refractivity contribution >= 4 is 28.9 Å². The predicted octanol–water partition coefficient (Wildman–Crippen LogP) is 2.99. The van der Waals surface area contributed by atoms with Gasteiger partial charge in [0, 0.05) is 23.0 Å². The molecule has 4 N–H and O–H groups in total. The molecule has 0 saturated heterocycles. The van der Waals surface area contributed by atoms with Gasteiger partial charge < -0.3 is 11.5 Å². The maximum absolute atomic E-state index is 13.1. The minimum Gasteiger partial charge on any atom is -0.398 e. The first-order valence-electron chi connectivity index (χ1n) is 8.47. The number of carbonyl (C=O) groups excluding carboxylic acids is 1. The molecule has 0 bridgehead atoms. The number of nitrogen functional groups attached to an aromatic ring is 1. The Morgan fingerprint density at radius 2 is 1.84 bits per heavy atom. The Hall–Kier alpha value is -2.34. The van der Waals surface area contributed by atoms with Crippen LogP contribution in [0, 0.1) is 0 Å². The Balaban J connectivity index is 1.82. The van der Waals surface area contributed by atoms with Gasteiger partial charge in [-0.3, -0.25) is 9.69 Å². The standard InChI is InChI=1S/C19H22N4OS/c1-19(15-9-14(20)10-25-15)16(17(24)23(2)18(21)22-19)13-7-5-12(6-8-13)11-3-4-11/h5-11,16H,3-4,20H2,1-2H3,(H2,21,22)/t16-,19-/m1/s1. The monoisotopic (exact) mass is 354 g/mol. The van der Waals surface area contributed by atoms with Gasteiger partial charge >= 0.3 is 0 Å². The molecule has 25 heavy (non-hydrogen) atoms. The van der Waals surface area contributed by atoms with Crippen LogP contribution in [0.5, 0.6) is 0 Å². The summed E-state index contributed by atoms with van der Waals surface area (Å²) in [6.45, 7) is 1.97. The van der Waals surface area contributed by atoms with Gasteiger partial charge in [-0.25, -0.2) is 4.99 Å². The number of anilines is 1. The highest BCUT2D eigenvalue weighted by molar-refractivity contribution is 7.10. The van der Waals surface area contributed by atoms with Crippen LogP contribution in [0.2, 0.25) is 0 Å². The van der Waals surface area contributed by atoms with E-state index in [1.165, 1.54) is 34.6 Å². The zero-order chi connectivity index (χ0) is 17.8. The lowest BCUT2D eigenvalue weighted by Crippen LogP contribution is -2.52. The summed E-state index contributed by atoms with van der Waals surface area (Å²) >= 11 is 1.52. The average molecular weight is 354 g/mol. The van der Waals surface area contributed by atoms with Crippen molar-refractivity contribution in [2.24, 2.45) is 10.7 Å². The molecule has 4 rings (SSSR count). The number of aliphatic imine (C=N–C) groups is 1. The first kappa shape index (κ1) is 16.1. The number of benzene rings is 1. The third-order valence-electron chi connectivity index (χ3n) is 5.27.